The van der Waals surface area contributed by atoms with Crippen molar-refractivity contribution in [1.82, 2.24) is 0 Å². The molecule has 21 heavy (non-hydrogen) atoms. The molecule has 1 aliphatic rings. The summed E-state index contributed by atoms with van der Waals surface area (Å²) in [6.07, 6.45) is 0.884. The monoisotopic (exact) mass is 285 g/mol. The van der Waals surface area contributed by atoms with Crippen molar-refractivity contribution >= 4 is 0 Å². The van der Waals surface area contributed by atoms with E-state index in [1.807, 2.05) is 36.4 Å². The summed E-state index contributed by atoms with van der Waals surface area (Å²) in [7, 11) is 0. The first kappa shape index (κ1) is 13.8. The maximum atomic E-state index is 5.87. The van der Waals surface area contributed by atoms with Crippen LogP contribution in [0.2, 0.25) is 0 Å². The predicted octanol–water partition coefficient (Wildman–Crippen LogP) is 2.93. The largest absolute Gasteiger partial charge is 0.493 e. The standard InChI is InChI=1S/C17H19NO3/c18-11-14(13-4-2-1-3-5-13)8-9-19-15-6-7-16-17(10-15)21-12-20-16/h1-7,10,14H,8-9,11-12,18H2. The molecule has 2 aromatic rings. The third kappa shape index (κ3) is 3.28. The summed E-state index contributed by atoms with van der Waals surface area (Å²) in [5.41, 5.74) is 7.12. The van der Waals surface area contributed by atoms with E-state index in [-0.39, 0.29) is 6.79 Å². The highest BCUT2D eigenvalue weighted by Crippen LogP contribution is 2.35. The normalized spacial score (nSPS) is 14.0. The lowest BCUT2D eigenvalue weighted by Gasteiger charge is -2.15. The number of nitrogens with two attached hydrogens (primary N) is 1. The van der Waals surface area contributed by atoms with Gasteiger partial charge in [-0.15, -0.1) is 0 Å². The van der Waals surface area contributed by atoms with E-state index >= 15 is 0 Å². The van der Waals surface area contributed by atoms with Crippen LogP contribution in [0.5, 0.6) is 17.2 Å². The molecule has 0 spiro atoms. The van der Waals surface area contributed by atoms with Gasteiger partial charge in [0.15, 0.2) is 11.5 Å². The fourth-order valence-electron chi connectivity index (χ4n) is 2.43. The third-order valence-electron chi connectivity index (χ3n) is 3.63. The Balaban J connectivity index is 1.55. The lowest BCUT2D eigenvalue weighted by Crippen LogP contribution is -2.15. The van der Waals surface area contributed by atoms with Gasteiger partial charge in [0.25, 0.3) is 0 Å². The Morgan fingerprint density at radius 1 is 1.05 bits per heavy atom. The average Bonchev–Trinajstić information content (AvgIpc) is 3.00. The lowest BCUT2D eigenvalue weighted by molar-refractivity contribution is 0.173. The fraction of sp³-hybridized carbons (Fsp3) is 0.294. The Morgan fingerprint density at radius 2 is 1.86 bits per heavy atom. The van der Waals surface area contributed by atoms with Gasteiger partial charge in [0.2, 0.25) is 6.79 Å². The topological polar surface area (TPSA) is 53.7 Å². The second-order valence-corrected chi connectivity index (χ2v) is 5.00. The van der Waals surface area contributed by atoms with Gasteiger partial charge in [-0.3, -0.25) is 0 Å². The SMILES string of the molecule is NCC(CCOc1ccc2c(c1)OCO2)c1ccccc1. The molecular formula is C17H19NO3. The van der Waals surface area contributed by atoms with E-state index in [1.54, 1.807) is 0 Å². The van der Waals surface area contributed by atoms with Crippen molar-refractivity contribution in [3.63, 3.8) is 0 Å². The fourth-order valence-corrected chi connectivity index (χ4v) is 2.43. The second-order valence-electron chi connectivity index (χ2n) is 5.00. The lowest BCUT2D eigenvalue weighted by atomic mass is 9.96. The van der Waals surface area contributed by atoms with Crippen LogP contribution in [-0.4, -0.2) is 19.9 Å². The van der Waals surface area contributed by atoms with E-state index in [9.17, 15) is 0 Å². The summed E-state index contributed by atoms with van der Waals surface area (Å²) in [6, 6.07) is 15.9. The molecule has 1 aliphatic heterocycles. The molecule has 2 aromatic carbocycles. The zero-order chi connectivity index (χ0) is 14.5. The Kier molecular flexibility index (Phi) is 4.26. The van der Waals surface area contributed by atoms with E-state index in [0.717, 1.165) is 23.7 Å². The summed E-state index contributed by atoms with van der Waals surface area (Å²) >= 11 is 0. The van der Waals surface area contributed by atoms with Gasteiger partial charge >= 0.3 is 0 Å². The molecule has 1 atom stereocenters. The van der Waals surface area contributed by atoms with Crippen molar-refractivity contribution in [2.75, 3.05) is 19.9 Å². The minimum atomic E-state index is 0.280. The van der Waals surface area contributed by atoms with Crippen LogP contribution in [0.3, 0.4) is 0 Å². The Morgan fingerprint density at radius 3 is 2.67 bits per heavy atom. The van der Waals surface area contributed by atoms with Crippen LogP contribution in [0.1, 0.15) is 17.9 Å². The predicted molar refractivity (Wildman–Crippen MR) is 80.9 cm³/mol. The number of hydrogen-bond donors (Lipinski definition) is 1. The molecule has 1 heterocycles. The first-order chi connectivity index (χ1) is 10.4. The van der Waals surface area contributed by atoms with Crippen LogP contribution >= 0.6 is 0 Å². The number of hydrogen-bond acceptors (Lipinski definition) is 4. The molecule has 4 heteroatoms. The van der Waals surface area contributed by atoms with Crippen LogP contribution in [0.15, 0.2) is 48.5 Å². The van der Waals surface area contributed by atoms with Gasteiger partial charge in [-0.2, -0.15) is 0 Å². The van der Waals surface area contributed by atoms with Crippen LogP contribution in [0.4, 0.5) is 0 Å². The van der Waals surface area contributed by atoms with Crippen molar-refractivity contribution in [3.05, 3.63) is 54.1 Å². The van der Waals surface area contributed by atoms with Gasteiger partial charge in [0.05, 0.1) is 6.61 Å². The summed E-state index contributed by atoms with van der Waals surface area (Å²) in [4.78, 5) is 0. The molecule has 0 saturated carbocycles. The van der Waals surface area contributed by atoms with Gasteiger partial charge in [-0.25, -0.2) is 0 Å². The van der Waals surface area contributed by atoms with E-state index in [4.69, 9.17) is 19.9 Å². The Labute approximate surface area is 124 Å². The molecule has 0 amide bonds. The minimum absolute atomic E-state index is 0.280. The van der Waals surface area contributed by atoms with Gasteiger partial charge in [-0.1, -0.05) is 30.3 Å². The zero-order valence-corrected chi connectivity index (χ0v) is 11.8. The van der Waals surface area contributed by atoms with Gasteiger partial charge in [0, 0.05) is 6.07 Å². The number of ether oxygens (including phenoxy) is 3. The minimum Gasteiger partial charge on any atom is -0.493 e. The van der Waals surface area contributed by atoms with Gasteiger partial charge in [-0.05, 0) is 36.6 Å². The molecule has 4 nitrogen and oxygen atoms in total. The highest BCUT2D eigenvalue weighted by Gasteiger charge is 2.14. The van der Waals surface area contributed by atoms with Crippen LogP contribution < -0.4 is 19.9 Å². The van der Waals surface area contributed by atoms with Crippen molar-refractivity contribution in [2.24, 2.45) is 5.73 Å². The number of fused-ring (bicyclic) bond motifs is 1. The van der Waals surface area contributed by atoms with Crippen molar-refractivity contribution < 1.29 is 14.2 Å². The van der Waals surface area contributed by atoms with Crippen molar-refractivity contribution in [3.8, 4) is 17.2 Å². The third-order valence-corrected chi connectivity index (χ3v) is 3.63. The maximum absolute atomic E-state index is 5.87. The van der Waals surface area contributed by atoms with Crippen LogP contribution in [0, 0.1) is 0 Å². The molecule has 0 aliphatic carbocycles. The molecule has 110 valence electrons. The average molecular weight is 285 g/mol. The Hall–Kier alpha value is -2.20. The Bertz CT molecular complexity index is 586. The summed E-state index contributed by atoms with van der Waals surface area (Å²) in [5, 5.41) is 0. The molecule has 0 saturated heterocycles. The first-order valence-electron chi connectivity index (χ1n) is 7.14. The van der Waals surface area contributed by atoms with E-state index in [1.165, 1.54) is 5.56 Å². The molecule has 0 bridgehead atoms. The van der Waals surface area contributed by atoms with E-state index in [2.05, 4.69) is 12.1 Å². The highest BCUT2D eigenvalue weighted by atomic mass is 16.7. The van der Waals surface area contributed by atoms with Gasteiger partial charge < -0.3 is 19.9 Å². The first-order valence-corrected chi connectivity index (χ1v) is 7.14. The molecule has 0 fully saturated rings. The van der Waals surface area contributed by atoms with Crippen molar-refractivity contribution in [1.29, 1.82) is 0 Å². The molecule has 2 N–H and O–H groups in total. The van der Waals surface area contributed by atoms with Gasteiger partial charge in [0.1, 0.15) is 5.75 Å². The molecular weight excluding hydrogens is 266 g/mol. The summed E-state index contributed by atoms with van der Waals surface area (Å²) in [5.74, 6) is 2.63. The van der Waals surface area contributed by atoms with Crippen molar-refractivity contribution in [2.45, 2.75) is 12.3 Å². The van der Waals surface area contributed by atoms with Crippen LogP contribution in [-0.2, 0) is 0 Å². The van der Waals surface area contributed by atoms with E-state index in [0.29, 0.717) is 19.1 Å². The van der Waals surface area contributed by atoms with E-state index < -0.39 is 0 Å². The molecule has 3 rings (SSSR count). The molecule has 0 aromatic heterocycles. The second kappa shape index (κ2) is 6.50. The maximum Gasteiger partial charge on any atom is 0.231 e. The number of rotatable bonds is 6. The zero-order valence-electron chi connectivity index (χ0n) is 11.8. The quantitative estimate of drug-likeness (QED) is 0.886. The smallest absolute Gasteiger partial charge is 0.231 e. The molecule has 1 unspecified atom stereocenters. The molecule has 0 radical (unpaired) electrons. The summed E-state index contributed by atoms with van der Waals surface area (Å²) in [6.45, 7) is 1.52. The summed E-state index contributed by atoms with van der Waals surface area (Å²) < 4.78 is 16.4. The highest BCUT2D eigenvalue weighted by molar-refractivity contribution is 5.46. The van der Waals surface area contributed by atoms with Crippen LogP contribution in [0.25, 0.3) is 0 Å². The number of benzene rings is 2.